The van der Waals surface area contributed by atoms with Crippen LogP contribution in [0.15, 0.2) is 77.2 Å². The molecule has 0 bridgehead atoms. The Labute approximate surface area is 190 Å². The van der Waals surface area contributed by atoms with Gasteiger partial charge in [-0.2, -0.15) is 5.10 Å². The number of amides is 2. The molecule has 1 aromatic heterocycles. The molecular weight excluding hydrogens is 426 g/mol. The van der Waals surface area contributed by atoms with Gasteiger partial charge in [0, 0.05) is 13.0 Å². The van der Waals surface area contributed by atoms with Crippen molar-refractivity contribution in [2.45, 2.75) is 12.5 Å². The van der Waals surface area contributed by atoms with Crippen LogP contribution < -0.4 is 10.1 Å². The second-order valence-corrected chi connectivity index (χ2v) is 8.14. The SMILES string of the molecule is O=C(COc1cccc([C@@H]2CC(c3ccccc3)=NN2C(=O)c2cccs2)c1)NCCO. The predicted molar refractivity (Wildman–Crippen MR) is 123 cm³/mol. The normalized spacial score (nSPS) is 15.3. The Morgan fingerprint density at radius 2 is 1.97 bits per heavy atom. The van der Waals surface area contributed by atoms with Crippen molar-refractivity contribution < 1.29 is 19.4 Å². The third-order valence-electron chi connectivity index (χ3n) is 5.00. The summed E-state index contributed by atoms with van der Waals surface area (Å²) in [7, 11) is 0. The summed E-state index contributed by atoms with van der Waals surface area (Å²) in [5.41, 5.74) is 2.69. The van der Waals surface area contributed by atoms with Gasteiger partial charge in [-0.15, -0.1) is 11.3 Å². The lowest BCUT2D eigenvalue weighted by molar-refractivity contribution is -0.123. The number of thiophene rings is 1. The van der Waals surface area contributed by atoms with Crippen molar-refractivity contribution in [3.8, 4) is 5.75 Å². The molecule has 2 heterocycles. The Hall–Kier alpha value is -3.49. The summed E-state index contributed by atoms with van der Waals surface area (Å²) in [5.74, 6) is 0.0680. The van der Waals surface area contributed by atoms with Crippen molar-refractivity contribution in [2.75, 3.05) is 19.8 Å². The number of carbonyl (C=O) groups excluding carboxylic acids is 2. The molecule has 1 atom stereocenters. The first-order valence-electron chi connectivity index (χ1n) is 10.3. The summed E-state index contributed by atoms with van der Waals surface area (Å²) in [4.78, 5) is 25.6. The molecular formula is C24H23N3O4S. The first-order valence-corrected chi connectivity index (χ1v) is 11.1. The summed E-state index contributed by atoms with van der Waals surface area (Å²) in [6, 6.07) is 20.6. The molecule has 0 saturated carbocycles. The van der Waals surface area contributed by atoms with Crippen molar-refractivity contribution in [3.63, 3.8) is 0 Å². The number of hydrogen-bond donors (Lipinski definition) is 2. The van der Waals surface area contributed by atoms with E-state index < -0.39 is 0 Å². The standard InChI is InChI=1S/C24H23N3O4S/c28-12-11-25-23(29)16-31-19-9-4-8-18(14-19)21-15-20(17-6-2-1-3-7-17)26-27(21)24(30)22-10-5-13-32-22/h1-10,13-14,21,28H,11-12,15-16H2,(H,25,29)/t21-/m0/s1. The molecule has 164 valence electrons. The molecule has 0 spiro atoms. The molecule has 0 aliphatic carbocycles. The molecule has 2 aromatic carbocycles. The molecule has 0 saturated heterocycles. The van der Waals surface area contributed by atoms with E-state index in [1.807, 2.05) is 60.0 Å². The lowest BCUT2D eigenvalue weighted by atomic mass is 9.98. The van der Waals surface area contributed by atoms with E-state index in [0.29, 0.717) is 17.0 Å². The fraction of sp³-hybridized carbons (Fsp3) is 0.208. The first kappa shape index (κ1) is 21.7. The summed E-state index contributed by atoms with van der Waals surface area (Å²) in [5, 5.41) is 19.5. The second-order valence-electron chi connectivity index (χ2n) is 7.19. The number of nitrogens with one attached hydrogen (secondary N) is 1. The highest BCUT2D eigenvalue weighted by atomic mass is 32.1. The van der Waals surface area contributed by atoms with Crippen molar-refractivity contribution >= 4 is 28.9 Å². The van der Waals surface area contributed by atoms with Gasteiger partial charge in [0.15, 0.2) is 6.61 Å². The van der Waals surface area contributed by atoms with Crippen LogP contribution in [0.5, 0.6) is 5.75 Å². The number of ether oxygens (including phenoxy) is 1. The zero-order chi connectivity index (χ0) is 22.3. The minimum atomic E-state index is -0.311. The van der Waals surface area contributed by atoms with E-state index in [9.17, 15) is 9.59 Å². The Morgan fingerprint density at radius 1 is 1.12 bits per heavy atom. The second kappa shape index (κ2) is 10.2. The van der Waals surface area contributed by atoms with Crippen molar-refractivity contribution in [1.29, 1.82) is 0 Å². The predicted octanol–water partition coefficient (Wildman–Crippen LogP) is 3.23. The van der Waals surface area contributed by atoms with Crippen LogP contribution in [0.3, 0.4) is 0 Å². The molecule has 2 amide bonds. The van der Waals surface area contributed by atoms with Crippen LogP contribution >= 0.6 is 11.3 Å². The van der Waals surface area contributed by atoms with Gasteiger partial charge in [0.1, 0.15) is 5.75 Å². The van der Waals surface area contributed by atoms with E-state index in [-0.39, 0.29) is 37.6 Å². The van der Waals surface area contributed by atoms with E-state index in [0.717, 1.165) is 16.8 Å². The zero-order valence-electron chi connectivity index (χ0n) is 17.3. The van der Waals surface area contributed by atoms with E-state index >= 15 is 0 Å². The van der Waals surface area contributed by atoms with Gasteiger partial charge in [-0.25, -0.2) is 5.01 Å². The Bertz CT molecular complexity index is 1100. The molecule has 32 heavy (non-hydrogen) atoms. The number of hydrazone groups is 1. The minimum absolute atomic E-state index is 0.124. The van der Waals surface area contributed by atoms with Crippen molar-refractivity contribution in [1.82, 2.24) is 10.3 Å². The molecule has 0 fully saturated rings. The third kappa shape index (κ3) is 5.04. The smallest absolute Gasteiger partial charge is 0.284 e. The maximum Gasteiger partial charge on any atom is 0.284 e. The summed E-state index contributed by atoms with van der Waals surface area (Å²) < 4.78 is 5.61. The average Bonchev–Trinajstić information content (AvgIpc) is 3.52. The summed E-state index contributed by atoms with van der Waals surface area (Å²) in [6.07, 6.45) is 0.571. The topological polar surface area (TPSA) is 91.2 Å². The summed E-state index contributed by atoms with van der Waals surface area (Å²) >= 11 is 1.39. The van der Waals surface area contributed by atoms with E-state index in [1.54, 1.807) is 17.1 Å². The number of nitrogens with zero attached hydrogens (tertiary/aromatic N) is 2. The Morgan fingerprint density at radius 3 is 2.72 bits per heavy atom. The fourth-order valence-corrected chi connectivity index (χ4v) is 4.14. The van der Waals surface area contributed by atoms with Gasteiger partial charge in [0.2, 0.25) is 0 Å². The monoisotopic (exact) mass is 449 g/mol. The van der Waals surface area contributed by atoms with E-state index in [1.165, 1.54) is 11.3 Å². The third-order valence-corrected chi connectivity index (χ3v) is 5.86. The van der Waals surface area contributed by atoms with Gasteiger partial charge < -0.3 is 15.2 Å². The lowest BCUT2D eigenvalue weighted by Crippen LogP contribution is -2.31. The van der Waals surface area contributed by atoms with Gasteiger partial charge in [-0.1, -0.05) is 48.5 Å². The number of aliphatic hydroxyl groups excluding tert-OH is 1. The minimum Gasteiger partial charge on any atom is -0.484 e. The van der Waals surface area contributed by atoms with Gasteiger partial charge in [0.25, 0.3) is 11.8 Å². The van der Waals surface area contributed by atoms with Crippen LogP contribution in [0.2, 0.25) is 0 Å². The largest absolute Gasteiger partial charge is 0.484 e. The van der Waals surface area contributed by atoms with Crippen LogP contribution in [0, 0.1) is 0 Å². The van der Waals surface area contributed by atoms with Gasteiger partial charge in [0.05, 0.1) is 23.2 Å². The molecule has 0 unspecified atom stereocenters. The summed E-state index contributed by atoms with van der Waals surface area (Å²) in [6.45, 7) is -0.0951. The lowest BCUT2D eigenvalue weighted by Gasteiger charge is -2.22. The highest BCUT2D eigenvalue weighted by molar-refractivity contribution is 7.12. The highest BCUT2D eigenvalue weighted by Crippen LogP contribution is 2.35. The Kier molecular flexibility index (Phi) is 6.94. The van der Waals surface area contributed by atoms with Crippen molar-refractivity contribution in [3.05, 3.63) is 88.1 Å². The van der Waals surface area contributed by atoms with Gasteiger partial charge in [-0.05, 0) is 34.7 Å². The van der Waals surface area contributed by atoms with Crippen LogP contribution in [0.1, 0.15) is 33.3 Å². The molecule has 2 N–H and O–H groups in total. The molecule has 4 rings (SSSR count). The van der Waals surface area contributed by atoms with Gasteiger partial charge in [-0.3, -0.25) is 9.59 Å². The van der Waals surface area contributed by atoms with Gasteiger partial charge >= 0.3 is 0 Å². The number of benzene rings is 2. The molecule has 0 radical (unpaired) electrons. The van der Waals surface area contributed by atoms with E-state index in [2.05, 4.69) is 10.4 Å². The van der Waals surface area contributed by atoms with Crippen LogP contribution in [-0.2, 0) is 4.79 Å². The fourth-order valence-electron chi connectivity index (χ4n) is 3.48. The number of aliphatic hydroxyl groups is 1. The molecule has 8 heteroatoms. The maximum atomic E-state index is 13.2. The number of hydrogen-bond acceptors (Lipinski definition) is 6. The van der Waals surface area contributed by atoms with E-state index in [4.69, 9.17) is 9.84 Å². The Balaban J connectivity index is 1.57. The number of carbonyl (C=O) groups is 2. The highest BCUT2D eigenvalue weighted by Gasteiger charge is 2.34. The maximum absolute atomic E-state index is 13.2. The number of rotatable bonds is 8. The molecule has 1 aliphatic heterocycles. The molecule has 1 aliphatic rings. The molecule has 3 aromatic rings. The van der Waals surface area contributed by atoms with Crippen LogP contribution in [0.4, 0.5) is 0 Å². The quantitative estimate of drug-likeness (QED) is 0.552. The zero-order valence-corrected chi connectivity index (χ0v) is 18.1. The van der Waals surface area contributed by atoms with Crippen molar-refractivity contribution in [2.24, 2.45) is 5.10 Å². The first-order chi connectivity index (χ1) is 15.7. The van der Waals surface area contributed by atoms with Crippen LogP contribution in [-0.4, -0.2) is 47.4 Å². The van der Waals surface area contributed by atoms with Crippen LogP contribution in [0.25, 0.3) is 0 Å². The molecule has 7 nitrogen and oxygen atoms in total. The average molecular weight is 450 g/mol.